The van der Waals surface area contributed by atoms with Crippen LogP contribution in [0.3, 0.4) is 0 Å². The van der Waals surface area contributed by atoms with Crippen molar-refractivity contribution in [3.05, 3.63) is 76.1 Å². The Labute approximate surface area is 205 Å². The van der Waals surface area contributed by atoms with Crippen LogP contribution < -0.4 is 0 Å². The van der Waals surface area contributed by atoms with Crippen LogP contribution >= 0.6 is 11.6 Å². The zero-order valence-corrected chi connectivity index (χ0v) is 19.2. The minimum atomic E-state index is -0.772. The molecule has 0 amide bonds. The van der Waals surface area contributed by atoms with E-state index in [9.17, 15) is 19.6 Å². The molecule has 1 fully saturated rings. The zero-order chi connectivity index (χ0) is 24.3. The van der Waals surface area contributed by atoms with Crippen LogP contribution in [0.4, 0.5) is 4.39 Å². The first-order valence-corrected chi connectivity index (χ1v) is 11.7. The second-order valence-corrected chi connectivity index (χ2v) is 9.40. The molecule has 4 aromatic rings. The van der Waals surface area contributed by atoms with Gasteiger partial charge < -0.3 is 9.52 Å². The SMILES string of the molecule is N#Cc1c2c(cc3nc(-c4cccc(-c5cccc(F)c5)c4Cl)oc13)[C@@H](N1CC(C(=O)O)C1)CC2. The molecule has 0 saturated carbocycles. The number of oxazole rings is 1. The Hall–Kier alpha value is -3.73. The maximum absolute atomic E-state index is 13.8. The van der Waals surface area contributed by atoms with Crippen LogP contribution in [0.25, 0.3) is 33.7 Å². The standard InChI is InChI=1S/C27H19ClFN3O3/c28-24-17(14-3-1-4-16(29)9-14)5-2-6-19(24)26-31-22-10-20-18(21(11-30)25(22)35-26)7-8-23(20)32-12-15(13-32)27(33)34/h1-6,9-10,15,23H,7-8,12-13H2,(H,33,34)/t23-/m0/s1. The molecular formula is C27H19ClFN3O3. The topological polar surface area (TPSA) is 90.4 Å². The fourth-order valence-electron chi connectivity index (χ4n) is 5.24. The Balaban J connectivity index is 1.42. The molecule has 8 heteroatoms. The molecule has 1 aliphatic heterocycles. The van der Waals surface area contributed by atoms with Crippen molar-refractivity contribution in [1.29, 1.82) is 5.26 Å². The predicted molar refractivity (Wildman–Crippen MR) is 128 cm³/mol. The van der Waals surface area contributed by atoms with Gasteiger partial charge in [-0.05, 0) is 53.8 Å². The van der Waals surface area contributed by atoms with Crippen LogP contribution in [0.5, 0.6) is 0 Å². The summed E-state index contributed by atoms with van der Waals surface area (Å²) < 4.78 is 19.9. The molecule has 1 N–H and O–H groups in total. The van der Waals surface area contributed by atoms with Crippen molar-refractivity contribution in [2.75, 3.05) is 13.1 Å². The van der Waals surface area contributed by atoms with Crippen LogP contribution in [0, 0.1) is 23.1 Å². The fraction of sp³-hybridized carbons (Fsp3) is 0.222. The molecule has 2 aliphatic rings. The van der Waals surface area contributed by atoms with Gasteiger partial charge in [0.2, 0.25) is 5.89 Å². The normalized spacial score (nSPS) is 17.8. The minimum absolute atomic E-state index is 0.0668. The van der Waals surface area contributed by atoms with Crippen molar-refractivity contribution in [3.8, 4) is 28.7 Å². The lowest BCUT2D eigenvalue weighted by Gasteiger charge is -2.41. The molecule has 0 radical (unpaired) electrons. The van der Waals surface area contributed by atoms with Gasteiger partial charge in [0.05, 0.1) is 16.5 Å². The van der Waals surface area contributed by atoms with Gasteiger partial charge >= 0.3 is 5.97 Å². The van der Waals surface area contributed by atoms with E-state index in [1.165, 1.54) is 12.1 Å². The molecule has 174 valence electrons. The Bertz CT molecular complexity index is 1550. The molecule has 1 atom stereocenters. The second kappa shape index (κ2) is 8.19. The van der Waals surface area contributed by atoms with Gasteiger partial charge in [-0.15, -0.1) is 0 Å². The molecule has 1 aromatic heterocycles. The maximum atomic E-state index is 13.8. The molecule has 1 saturated heterocycles. The van der Waals surface area contributed by atoms with E-state index in [-0.39, 0.29) is 23.7 Å². The van der Waals surface area contributed by atoms with Gasteiger partial charge in [-0.1, -0.05) is 35.9 Å². The number of carboxylic acid groups (broad SMARTS) is 1. The number of halogens is 2. The molecule has 6 rings (SSSR count). The summed E-state index contributed by atoms with van der Waals surface area (Å²) in [6.07, 6.45) is 1.55. The van der Waals surface area contributed by atoms with Gasteiger partial charge in [-0.3, -0.25) is 9.69 Å². The number of nitrogens with zero attached hydrogens (tertiary/aromatic N) is 3. The highest BCUT2D eigenvalue weighted by atomic mass is 35.5. The van der Waals surface area contributed by atoms with E-state index in [0.717, 1.165) is 24.0 Å². The summed E-state index contributed by atoms with van der Waals surface area (Å²) in [6, 6.07) is 15.9. The number of hydrogen-bond donors (Lipinski definition) is 1. The summed E-state index contributed by atoms with van der Waals surface area (Å²) in [6.45, 7) is 1.01. The van der Waals surface area contributed by atoms with Crippen molar-refractivity contribution in [2.24, 2.45) is 5.92 Å². The highest BCUT2D eigenvalue weighted by Crippen LogP contribution is 2.44. The number of carbonyl (C=O) groups is 1. The summed E-state index contributed by atoms with van der Waals surface area (Å²) >= 11 is 6.72. The van der Waals surface area contributed by atoms with Crippen molar-refractivity contribution < 1.29 is 18.7 Å². The molecule has 0 spiro atoms. The maximum Gasteiger partial charge on any atom is 0.309 e. The molecule has 1 aliphatic carbocycles. The van der Waals surface area contributed by atoms with E-state index in [2.05, 4.69) is 16.0 Å². The van der Waals surface area contributed by atoms with Crippen LogP contribution in [0.2, 0.25) is 5.02 Å². The number of aliphatic carboxylic acids is 1. The number of nitriles is 1. The van der Waals surface area contributed by atoms with E-state index in [4.69, 9.17) is 16.0 Å². The third kappa shape index (κ3) is 3.49. The summed E-state index contributed by atoms with van der Waals surface area (Å²) in [7, 11) is 0. The van der Waals surface area contributed by atoms with Crippen LogP contribution in [0.1, 0.15) is 29.2 Å². The van der Waals surface area contributed by atoms with Gasteiger partial charge in [0.15, 0.2) is 5.58 Å². The highest BCUT2D eigenvalue weighted by Gasteiger charge is 2.40. The molecule has 0 bridgehead atoms. The lowest BCUT2D eigenvalue weighted by Crippen LogP contribution is -2.51. The molecular weight excluding hydrogens is 469 g/mol. The lowest BCUT2D eigenvalue weighted by atomic mass is 9.94. The Morgan fingerprint density at radius 3 is 2.71 bits per heavy atom. The lowest BCUT2D eigenvalue weighted by molar-refractivity contribution is -0.148. The van der Waals surface area contributed by atoms with Crippen LogP contribution in [0.15, 0.2) is 52.9 Å². The van der Waals surface area contributed by atoms with E-state index in [1.54, 1.807) is 30.3 Å². The predicted octanol–water partition coefficient (Wildman–Crippen LogP) is 5.83. The van der Waals surface area contributed by atoms with Gasteiger partial charge in [0, 0.05) is 24.7 Å². The number of rotatable bonds is 4. The Morgan fingerprint density at radius 2 is 1.97 bits per heavy atom. The average Bonchev–Trinajstić information content (AvgIpc) is 3.41. The molecule has 35 heavy (non-hydrogen) atoms. The quantitative estimate of drug-likeness (QED) is 0.389. The summed E-state index contributed by atoms with van der Waals surface area (Å²) in [5.74, 6) is -1.18. The van der Waals surface area contributed by atoms with Crippen molar-refractivity contribution in [2.45, 2.75) is 18.9 Å². The molecule has 2 heterocycles. The monoisotopic (exact) mass is 487 g/mol. The highest BCUT2D eigenvalue weighted by molar-refractivity contribution is 6.36. The smallest absolute Gasteiger partial charge is 0.309 e. The van der Waals surface area contributed by atoms with Crippen molar-refractivity contribution in [3.63, 3.8) is 0 Å². The second-order valence-electron chi connectivity index (χ2n) is 9.02. The van der Waals surface area contributed by atoms with Gasteiger partial charge in [0.25, 0.3) is 0 Å². The zero-order valence-electron chi connectivity index (χ0n) is 18.5. The number of fused-ring (bicyclic) bond motifs is 2. The van der Waals surface area contributed by atoms with E-state index in [0.29, 0.717) is 51.5 Å². The van der Waals surface area contributed by atoms with Gasteiger partial charge in [-0.2, -0.15) is 5.26 Å². The first kappa shape index (κ1) is 21.8. The number of hydrogen-bond acceptors (Lipinski definition) is 5. The average molecular weight is 488 g/mol. The van der Waals surface area contributed by atoms with Crippen LogP contribution in [-0.2, 0) is 11.2 Å². The fourth-order valence-corrected chi connectivity index (χ4v) is 5.56. The Morgan fingerprint density at radius 1 is 1.20 bits per heavy atom. The summed E-state index contributed by atoms with van der Waals surface area (Å²) in [5.41, 5.74) is 5.24. The first-order valence-electron chi connectivity index (χ1n) is 11.3. The number of aromatic nitrogens is 1. The summed E-state index contributed by atoms with van der Waals surface area (Å²) in [5, 5.41) is 19.6. The largest absolute Gasteiger partial charge is 0.481 e. The molecule has 6 nitrogen and oxygen atoms in total. The van der Waals surface area contributed by atoms with Gasteiger partial charge in [-0.25, -0.2) is 9.37 Å². The molecule has 0 unspecified atom stereocenters. The first-order chi connectivity index (χ1) is 16.9. The van der Waals surface area contributed by atoms with Crippen molar-refractivity contribution >= 4 is 28.7 Å². The Kier molecular flexibility index (Phi) is 5.10. The third-order valence-corrected chi connectivity index (χ3v) is 7.43. The third-order valence-electron chi connectivity index (χ3n) is 7.03. The minimum Gasteiger partial charge on any atom is -0.481 e. The van der Waals surface area contributed by atoms with Crippen LogP contribution in [-0.4, -0.2) is 34.0 Å². The number of benzene rings is 3. The summed E-state index contributed by atoms with van der Waals surface area (Å²) in [4.78, 5) is 18.1. The molecule has 3 aromatic carbocycles. The van der Waals surface area contributed by atoms with Gasteiger partial charge in [0.1, 0.15) is 23.0 Å². The number of carboxylic acids is 1. The van der Waals surface area contributed by atoms with Crippen molar-refractivity contribution in [1.82, 2.24) is 9.88 Å². The van der Waals surface area contributed by atoms with E-state index in [1.807, 2.05) is 6.07 Å². The van der Waals surface area contributed by atoms with E-state index < -0.39 is 5.97 Å². The van der Waals surface area contributed by atoms with E-state index >= 15 is 0 Å². The number of likely N-dealkylation sites (tertiary alicyclic amines) is 1.